The van der Waals surface area contributed by atoms with Gasteiger partial charge in [0.2, 0.25) is 11.8 Å². The third kappa shape index (κ3) is 5.72. The largest absolute Gasteiger partial charge is 0.416 e. The van der Waals surface area contributed by atoms with E-state index in [0.29, 0.717) is 5.56 Å². The number of hydrogen-bond donors (Lipinski definition) is 2. The highest BCUT2D eigenvalue weighted by atomic mass is 19.4. The van der Waals surface area contributed by atoms with Crippen LogP contribution in [0.3, 0.4) is 0 Å². The highest BCUT2D eigenvalue weighted by Crippen LogP contribution is 2.28. The Balaban J connectivity index is 2.60. The molecule has 0 unspecified atom stereocenters. The van der Waals surface area contributed by atoms with Crippen LogP contribution >= 0.6 is 0 Å². The average molecular weight is 318 g/mol. The Morgan fingerprint density at radius 2 is 1.82 bits per heavy atom. The van der Waals surface area contributed by atoms with Crippen LogP contribution in [0, 0.1) is 0 Å². The van der Waals surface area contributed by atoms with E-state index < -0.39 is 23.7 Å². The number of amides is 2. The summed E-state index contributed by atoms with van der Waals surface area (Å²) in [6.07, 6.45) is -4.39. The predicted molar refractivity (Wildman–Crippen MR) is 72.8 cm³/mol. The maximum Gasteiger partial charge on any atom is 0.416 e. The van der Waals surface area contributed by atoms with Crippen molar-refractivity contribution in [3.8, 4) is 0 Å². The summed E-state index contributed by atoms with van der Waals surface area (Å²) in [6, 6.07) is 3.61. The van der Waals surface area contributed by atoms with Crippen LogP contribution in [0.15, 0.2) is 24.3 Å². The molecule has 5 nitrogen and oxygen atoms in total. The number of halogens is 3. The van der Waals surface area contributed by atoms with E-state index in [1.54, 1.807) is 0 Å². The maximum atomic E-state index is 12.4. The van der Waals surface area contributed by atoms with Gasteiger partial charge in [0.25, 0.3) is 0 Å². The number of carbonyl (C=O) groups excluding carboxylic acids is 2. The minimum atomic E-state index is -4.39. The van der Waals surface area contributed by atoms with E-state index in [4.69, 9.17) is 4.74 Å². The Morgan fingerprint density at radius 3 is 2.27 bits per heavy atom. The van der Waals surface area contributed by atoms with E-state index in [1.807, 2.05) is 0 Å². The lowest BCUT2D eigenvalue weighted by molar-refractivity contribution is -0.137. The Kier molecular flexibility index (Phi) is 6.36. The predicted octanol–water partition coefficient (Wildman–Crippen LogP) is 1.47. The number of rotatable bonds is 6. The molecule has 0 aliphatic carbocycles. The van der Waals surface area contributed by atoms with E-state index >= 15 is 0 Å². The van der Waals surface area contributed by atoms with E-state index in [2.05, 4.69) is 10.6 Å². The van der Waals surface area contributed by atoms with Crippen LogP contribution in [0.25, 0.3) is 0 Å². The SMILES string of the molecule is COC[C@@H](NC(C)=O)C(=O)NCc1ccc(C(F)(F)F)cc1. The summed E-state index contributed by atoms with van der Waals surface area (Å²) in [6.45, 7) is 1.32. The summed E-state index contributed by atoms with van der Waals surface area (Å²) in [5.74, 6) is -0.858. The molecule has 0 saturated heterocycles. The second-order valence-corrected chi connectivity index (χ2v) is 4.62. The Hall–Kier alpha value is -2.09. The van der Waals surface area contributed by atoms with Crippen molar-refractivity contribution in [2.24, 2.45) is 0 Å². The van der Waals surface area contributed by atoms with Gasteiger partial charge in [-0.2, -0.15) is 13.2 Å². The van der Waals surface area contributed by atoms with Crippen LogP contribution < -0.4 is 10.6 Å². The first-order valence-electron chi connectivity index (χ1n) is 6.44. The molecule has 1 rings (SSSR count). The van der Waals surface area contributed by atoms with E-state index in [0.717, 1.165) is 12.1 Å². The van der Waals surface area contributed by atoms with Crippen LogP contribution in [-0.4, -0.2) is 31.6 Å². The molecule has 122 valence electrons. The van der Waals surface area contributed by atoms with Gasteiger partial charge in [-0.1, -0.05) is 12.1 Å². The molecule has 2 amide bonds. The fourth-order valence-corrected chi connectivity index (χ4v) is 1.72. The first-order valence-corrected chi connectivity index (χ1v) is 6.44. The second-order valence-electron chi connectivity index (χ2n) is 4.62. The molecule has 22 heavy (non-hydrogen) atoms. The molecule has 0 fully saturated rings. The summed E-state index contributed by atoms with van der Waals surface area (Å²) in [4.78, 5) is 22.9. The van der Waals surface area contributed by atoms with Crippen molar-refractivity contribution < 1.29 is 27.5 Å². The molecule has 0 heterocycles. The molecule has 0 aliphatic heterocycles. The summed E-state index contributed by atoms with van der Waals surface area (Å²) >= 11 is 0. The van der Waals surface area contributed by atoms with Crippen molar-refractivity contribution >= 4 is 11.8 Å². The highest BCUT2D eigenvalue weighted by Gasteiger charge is 2.29. The number of methoxy groups -OCH3 is 1. The first-order chi connectivity index (χ1) is 10.2. The van der Waals surface area contributed by atoms with E-state index in [1.165, 1.54) is 26.2 Å². The average Bonchev–Trinajstić information content (AvgIpc) is 2.43. The zero-order chi connectivity index (χ0) is 16.8. The molecule has 0 aliphatic rings. The van der Waals surface area contributed by atoms with Gasteiger partial charge in [0.05, 0.1) is 12.2 Å². The van der Waals surface area contributed by atoms with E-state index in [-0.39, 0.29) is 19.1 Å². The highest BCUT2D eigenvalue weighted by molar-refractivity contribution is 5.86. The Bertz CT molecular complexity index is 515. The fraction of sp³-hybridized carbons (Fsp3) is 0.429. The van der Waals surface area contributed by atoms with Crippen molar-refractivity contribution in [1.29, 1.82) is 0 Å². The quantitative estimate of drug-likeness (QED) is 0.835. The van der Waals surface area contributed by atoms with Crippen molar-refractivity contribution in [2.45, 2.75) is 25.7 Å². The molecule has 1 aromatic carbocycles. The molecule has 2 N–H and O–H groups in total. The lowest BCUT2D eigenvalue weighted by Gasteiger charge is -2.16. The first kappa shape index (κ1) is 18.0. The zero-order valence-electron chi connectivity index (χ0n) is 12.2. The van der Waals surface area contributed by atoms with Gasteiger partial charge >= 0.3 is 6.18 Å². The van der Waals surface area contributed by atoms with Gasteiger partial charge in [-0.25, -0.2) is 0 Å². The van der Waals surface area contributed by atoms with Gasteiger partial charge < -0.3 is 15.4 Å². The molecule has 0 radical (unpaired) electrons. The van der Waals surface area contributed by atoms with Gasteiger partial charge in [-0.15, -0.1) is 0 Å². The maximum absolute atomic E-state index is 12.4. The summed E-state index contributed by atoms with van der Waals surface area (Å²) in [5, 5.41) is 4.95. The molecule has 0 saturated carbocycles. The molecule has 8 heteroatoms. The third-order valence-electron chi connectivity index (χ3n) is 2.78. The molecule has 0 aromatic heterocycles. The smallest absolute Gasteiger partial charge is 0.382 e. The monoisotopic (exact) mass is 318 g/mol. The Labute approximate surface area is 125 Å². The van der Waals surface area contributed by atoms with Crippen LogP contribution in [-0.2, 0) is 27.0 Å². The van der Waals surface area contributed by atoms with Crippen molar-refractivity contribution in [1.82, 2.24) is 10.6 Å². The molecule has 1 atom stereocenters. The van der Waals surface area contributed by atoms with Gasteiger partial charge in [0, 0.05) is 20.6 Å². The topological polar surface area (TPSA) is 67.4 Å². The summed E-state index contributed by atoms with van der Waals surface area (Å²) in [5.41, 5.74) is -0.238. The number of benzene rings is 1. The third-order valence-corrected chi connectivity index (χ3v) is 2.78. The number of carbonyl (C=O) groups is 2. The van der Waals surface area contributed by atoms with E-state index in [9.17, 15) is 22.8 Å². The number of nitrogens with one attached hydrogen (secondary N) is 2. The van der Waals surface area contributed by atoms with Gasteiger partial charge in [-0.3, -0.25) is 9.59 Å². The van der Waals surface area contributed by atoms with Crippen molar-refractivity contribution in [3.05, 3.63) is 35.4 Å². The van der Waals surface area contributed by atoms with Crippen LogP contribution in [0.2, 0.25) is 0 Å². The van der Waals surface area contributed by atoms with Crippen LogP contribution in [0.1, 0.15) is 18.1 Å². The van der Waals surface area contributed by atoms with Crippen LogP contribution in [0.4, 0.5) is 13.2 Å². The standard InChI is InChI=1S/C14H17F3N2O3/c1-9(20)19-12(8-22-2)13(21)18-7-10-3-5-11(6-4-10)14(15,16)17/h3-6,12H,7-8H2,1-2H3,(H,18,21)(H,19,20)/t12-/m1/s1. The number of ether oxygens (including phenoxy) is 1. The van der Waals surface area contributed by atoms with Crippen LogP contribution in [0.5, 0.6) is 0 Å². The fourth-order valence-electron chi connectivity index (χ4n) is 1.72. The number of alkyl halides is 3. The lowest BCUT2D eigenvalue weighted by Crippen LogP contribution is -2.48. The van der Waals surface area contributed by atoms with Crippen molar-refractivity contribution in [3.63, 3.8) is 0 Å². The lowest BCUT2D eigenvalue weighted by atomic mass is 10.1. The Morgan fingerprint density at radius 1 is 1.23 bits per heavy atom. The minimum absolute atomic E-state index is 0.00156. The molecule has 1 aromatic rings. The molecular weight excluding hydrogens is 301 g/mol. The minimum Gasteiger partial charge on any atom is -0.382 e. The normalized spacial score (nSPS) is 12.6. The van der Waals surface area contributed by atoms with Gasteiger partial charge in [0.1, 0.15) is 6.04 Å². The summed E-state index contributed by atoms with van der Waals surface area (Å²) in [7, 11) is 1.39. The summed E-state index contributed by atoms with van der Waals surface area (Å²) < 4.78 is 42.1. The molecule has 0 bridgehead atoms. The number of hydrogen-bond acceptors (Lipinski definition) is 3. The van der Waals surface area contributed by atoms with Crippen molar-refractivity contribution in [2.75, 3.05) is 13.7 Å². The zero-order valence-corrected chi connectivity index (χ0v) is 12.2. The van der Waals surface area contributed by atoms with Gasteiger partial charge in [0.15, 0.2) is 0 Å². The molecule has 0 spiro atoms. The van der Waals surface area contributed by atoms with Gasteiger partial charge in [-0.05, 0) is 17.7 Å². The molecular formula is C14H17F3N2O3. The second kappa shape index (κ2) is 7.79.